The maximum absolute atomic E-state index is 8.26. The second kappa shape index (κ2) is 11.0. The van der Waals surface area contributed by atoms with E-state index in [1.54, 1.807) is 12.1 Å². The molecule has 0 bridgehead atoms. The molecule has 1 atom stereocenters. The topological polar surface area (TPSA) is 22.9 Å². The Balaban J connectivity index is 0.00000139. The highest BCUT2D eigenvalue weighted by Crippen LogP contribution is 2.23. The molecule has 1 aromatic carbocycles. The minimum Gasteiger partial charge on any atom is -0.593 e. The van der Waals surface area contributed by atoms with Crippen LogP contribution in [0.5, 0.6) is 0 Å². The van der Waals surface area contributed by atoms with Gasteiger partial charge in [-0.3, -0.25) is 0 Å². The first-order chi connectivity index (χ1) is 11.6. The van der Waals surface area contributed by atoms with E-state index in [4.69, 9.17) is 28.3 Å². The van der Waals surface area contributed by atoms with Crippen molar-refractivity contribution >= 4 is 29.0 Å². The van der Waals surface area contributed by atoms with Gasteiger partial charge in [-0.2, -0.15) is 0 Å². The smallest absolute Gasteiger partial charge is 0.261 e. The molecule has 1 aromatic rings. The number of rotatable bonds is 3. The minimum atomic E-state index is -0.0526. The molecule has 1 nitrogen and oxygen atoms in total. The lowest BCUT2D eigenvalue weighted by Crippen LogP contribution is -1.93. The van der Waals surface area contributed by atoms with Crippen molar-refractivity contribution in [3.05, 3.63) is 88.5 Å². The van der Waals surface area contributed by atoms with Crippen LogP contribution in [0.15, 0.2) is 77.9 Å². The summed E-state index contributed by atoms with van der Waals surface area (Å²) in [5.41, 5.74) is 3.06. The second-order valence-electron chi connectivity index (χ2n) is 4.96. The first-order valence-corrected chi connectivity index (χ1v) is 8.95. The molecule has 0 fully saturated rings. The van der Waals surface area contributed by atoms with Crippen molar-refractivity contribution in [2.75, 3.05) is 0 Å². The van der Waals surface area contributed by atoms with Crippen molar-refractivity contribution < 1.29 is 5.11 Å². The molecule has 128 valence electrons. The van der Waals surface area contributed by atoms with Crippen LogP contribution in [0.1, 0.15) is 32.8 Å². The zero-order valence-electron chi connectivity index (χ0n) is 14.4. The van der Waals surface area contributed by atoms with Gasteiger partial charge in [-0.25, -0.2) is 0 Å². The molecule has 0 amide bonds. The van der Waals surface area contributed by atoms with Gasteiger partial charge in [-0.15, -0.1) is 11.6 Å². The fourth-order valence-electron chi connectivity index (χ4n) is 2.18. The third kappa shape index (κ3) is 6.43. The normalized spacial score (nSPS) is 21.7. The predicted octanol–water partition coefficient (Wildman–Crippen LogP) is 6.43. The Labute approximate surface area is 155 Å². The van der Waals surface area contributed by atoms with Crippen LogP contribution in [0.3, 0.4) is 0 Å². The Morgan fingerprint density at radius 3 is 2.46 bits per heavy atom. The average molecular weight is 364 g/mol. The molecule has 0 aromatic heterocycles. The molecule has 2 rings (SSSR count). The highest BCUT2D eigenvalue weighted by Gasteiger charge is 2.08. The summed E-state index contributed by atoms with van der Waals surface area (Å²) in [4.78, 5) is 0. The monoisotopic (exact) mass is 363 g/mol. The van der Waals surface area contributed by atoms with Crippen LogP contribution in [0.25, 0.3) is 5.76 Å². The molecule has 2 N–H and O–H groups in total. The maximum Gasteiger partial charge on any atom is 0.261 e. The molecule has 1 aliphatic rings. The van der Waals surface area contributed by atoms with Gasteiger partial charge < -0.3 is 5.11 Å². The molecule has 0 radical (unpaired) electrons. The molecule has 24 heavy (non-hydrogen) atoms. The summed E-state index contributed by atoms with van der Waals surface area (Å²) < 4.78 is 0. The first-order valence-electron chi connectivity index (χ1n) is 8.14. The van der Waals surface area contributed by atoms with E-state index in [2.05, 4.69) is 12.2 Å². The molecule has 1 aliphatic carbocycles. The average Bonchev–Trinajstić information content (AvgIpc) is 2.58. The van der Waals surface area contributed by atoms with E-state index >= 15 is 0 Å². The van der Waals surface area contributed by atoms with Crippen molar-refractivity contribution in [1.29, 1.82) is 0 Å². The van der Waals surface area contributed by atoms with Crippen LogP contribution in [-0.2, 0) is 0 Å². The summed E-state index contributed by atoms with van der Waals surface area (Å²) >= 11 is 12.0. The summed E-state index contributed by atoms with van der Waals surface area (Å²) in [6, 6.07) is 7.32. The van der Waals surface area contributed by atoms with Crippen LogP contribution >= 0.6 is 23.2 Å². The summed E-state index contributed by atoms with van der Waals surface area (Å²) in [7, 11) is 0. The van der Waals surface area contributed by atoms with Crippen molar-refractivity contribution in [2.45, 2.75) is 32.6 Å². The van der Waals surface area contributed by atoms with Gasteiger partial charge in [0.1, 0.15) is 0 Å². The quantitative estimate of drug-likeness (QED) is 0.194. The van der Waals surface area contributed by atoms with Crippen LogP contribution in [0.2, 0.25) is 5.02 Å². The Bertz CT molecular complexity index is 662. The number of allylic oxidation sites excluding steroid dienone is 9. The number of hydrogen-bond donors (Lipinski definition) is 0. The fourth-order valence-corrected chi connectivity index (χ4v) is 2.49. The zero-order chi connectivity index (χ0) is 17.9. The molecule has 0 aliphatic heterocycles. The first kappa shape index (κ1) is 20.3. The molecule has 0 saturated heterocycles. The van der Waals surface area contributed by atoms with Gasteiger partial charge in [0.15, 0.2) is 0 Å². The van der Waals surface area contributed by atoms with Crippen LogP contribution in [-0.4, -0.2) is 10.5 Å². The third-order valence-electron chi connectivity index (χ3n) is 3.39. The Morgan fingerprint density at radius 1 is 1.17 bits per heavy atom. The van der Waals surface area contributed by atoms with E-state index < -0.39 is 0 Å². The van der Waals surface area contributed by atoms with E-state index in [-0.39, 0.29) is 5.38 Å². The summed E-state index contributed by atoms with van der Waals surface area (Å²) in [5, 5.41) is 8.88. The fraction of sp³-hybridized carbons (Fsp3) is 0.238. The lowest BCUT2D eigenvalue weighted by Gasteiger charge is -2.08. The number of hydrogen-bond acceptors (Lipinski definition) is 0. The molecular weight excluding hydrogens is 339 g/mol. The molecule has 0 heterocycles. The van der Waals surface area contributed by atoms with E-state index in [0.29, 0.717) is 10.8 Å². The molecule has 0 spiro atoms. The zero-order valence-corrected chi connectivity index (χ0v) is 15.9. The van der Waals surface area contributed by atoms with Crippen LogP contribution in [0, 0.1) is 0 Å². The second-order valence-corrected chi connectivity index (χ2v) is 5.90. The summed E-state index contributed by atoms with van der Waals surface area (Å²) in [6.45, 7) is 5.98. The lowest BCUT2D eigenvalue weighted by atomic mass is 9.98. The molecule has 0 saturated carbocycles. The Hall–Kier alpha value is -1.70. The van der Waals surface area contributed by atoms with Gasteiger partial charge in [0.25, 0.3) is 5.76 Å². The SMILES string of the molecule is C/C=C(\C=C(/[OH2+])c1ccc(Cl)cc1)C1=C/C=CC(Cl)/C=C\C\1.CC. The van der Waals surface area contributed by atoms with E-state index in [1.165, 1.54) is 0 Å². The van der Waals surface area contributed by atoms with Gasteiger partial charge in [0, 0.05) is 11.1 Å². The lowest BCUT2D eigenvalue weighted by molar-refractivity contribution is 0.511. The van der Waals surface area contributed by atoms with Crippen molar-refractivity contribution in [3.63, 3.8) is 0 Å². The number of halogens is 2. The molecule has 1 unspecified atom stereocenters. The van der Waals surface area contributed by atoms with Crippen molar-refractivity contribution in [3.8, 4) is 0 Å². The van der Waals surface area contributed by atoms with E-state index in [1.807, 2.05) is 63.3 Å². The summed E-state index contributed by atoms with van der Waals surface area (Å²) in [6.07, 6.45) is 14.7. The van der Waals surface area contributed by atoms with Gasteiger partial charge in [-0.1, -0.05) is 61.9 Å². The number of alkyl halides is 1. The van der Waals surface area contributed by atoms with Gasteiger partial charge >= 0.3 is 0 Å². The minimum absolute atomic E-state index is 0.0526. The van der Waals surface area contributed by atoms with E-state index in [0.717, 1.165) is 23.1 Å². The highest BCUT2D eigenvalue weighted by molar-refractivity contribution is 6.30. The van der Waals surface area contributed by atoms with Gasteiger partial charge in [0.05, 0.1) is 10.9 Å². The highest BCUT2D eigenvalue weighted by atomic mass is 35.5. The van der Waals surface area contributed by atoms with Crippen molar-refractivity contribution in [1.82, 2.24) is 0 Å². The van der Waals surface area contributed by atoms with Crippen LogP contribution < -0.4 is 0 Å². The molecule has 3 heteroatoms. The molecular formula is C21H25Cl2O+. The van der Waals surface area contributed by atoms with Crippen LogP contribution in [0.4, 0.5) is 0 Å². The van der Waals surface area contributed by atoms with Crippen molar-refractivity contribution in [2.24, 2.45) is 0 Å². The number of benzene rings is 1. The summed E-state index contributed by atoms with van der Waals surface area (Å²) in [5.74, 6) is 0.468. The largest absolute Gasteiger partial charge is 0.593 e. The standard InChI is InChI=1S/C19H18Cl2O.C2H6/c1-2-14(15-5-3-7-17(20)8-4-6-15)13-19(22)16-9-11-18(21)12-10-16;1-2/h2-5,7-13,17,22H,6H2,1H3;1-2H3/p+1/b7-3?,8-4-,14-2+,15-5+,19-13-;. The Kier molecular flexibility index (Phi) is 9.29. The Morgan fingerprint density at radius 2 is 1.83 bits per heavy atom. The maximum atomic E-state index is 8.26. The van der Waals surface area contributed by atoms with Gasteiger partial charge in [-0.05, 0) is 48.8 Å². The third-order valence-corrected chi connectivity index (χ3v) is 3.93. The predicted molar refractivity (Wildman–Crippen MR) is 109 cm³/mol. The van der Waals surface area contributed by atoms with E-state index in [9.17, 15) is 0 Å². The van der Waals surface area contributed by atoms with Gasteiger partial charge in [0.2, 0.25) is 0 Å².